The first-order valence-electron chi connectivity index (χ1n) is 9.97. The number of carbonyl (C=O) groups is 2. The second kappa shape index (κ2) is 6.87. The van der Waals surface area contributed by atoms with Crippen LogP contribution in [0.5, 0.6) is 0 Å². The van der Waals surface area contributed by atoms with Crippen molar-refractivity contribution in [2.24, 2.45) is 23.2 Å². The zero-order chi connectivity index (χ0) is 20.1. The van der Waals surface area contributed by atoms with E-state index in [1.807, 2.05) is 0 Å². The molecule has 6 nitrogen and oxygen atoms in total. The van der Waals surface area contributed by atoms with Gasteiger partial charge in [-0.25, -0.2) is 8.42 Å². The normalized spacial score (nSPS) is 32.0. The lowest BCUT2D eigenvalue weighted by molar-refractivity contribution is -0.174. The summed E-state index contributed by atoms with van der Waals surface area (Å²) in [5, 5.41) is 0. The van der Waals surface area contributed by atoms with Crippen molar-refractivity contribution < 1.29 is 22.7 Å². The van der Waals surface area contributed by atoms with Crippen LogP contribution in [0.4, 0.5) is 5.69 Å². The van der Waals surface area contributed by atoms with Gasteiger partial charge in [-0.1, -0.05) is 0 Å². The SMILES string of the molecule is C[C@@H](OC(=O)C12CC3CC(CC(C3)C1)C2)C(=O)c1ccc(NS(C)(=O)=O)cc1. The number of esters is 1. The molecule has 0 amide bonds. The van der Waals surface area contributed by atoms with Crippen LogP contribution in [0, 0.1) is 23.2 Å². The van der Waals surface area contributed by atoms with E-state index in [1.54, 1.807) is 19.1 Å². The summed E-state index contributed by atoms with van der Waals surface area (Å²) in [6, 6.07) is 6.15. The van der Waals surface area contributed by atoms with Gasteiger partial charge in [-0.05, 0) is 87.5 Å². The molecule has 0 aromatic heterocycles. The van der Waals surface area contributed by atoms with E-state index >= 15 is 0 Å². The Hall–Kier alpha value is -1.89. The Balaban J connectivity index is 1.41. The number of ketones is 1. The maximum atomic E-state index is 13.0. The van der Waals surface area contributed by atoms with Crippen molar-refractivity contribution in [3.63, 3.8) is 0 Å². The van der Waals surface area contributed by atoms with E-state index in [4.69, 9.17) is 4.74 Å². The zero-order valence-electron chi connectivity index (χ0n) is 16.3. The Labute approximate surface area is 166 Å². The van der Waals surface area contributed by atoms with E-state index in [9.17, 15) is 18.0 Å². The van der Waals surface area contributed by atoms with Crippen LogP contribution in [0.3, 0.4) is 0 Å². The summed E-state index contributed by atoms with van der Waals surface area (Å²) in [4.78, 5) is 25.7. The molecule has 4 bridgehead atoms. The molecule has 28 heavy (non-hydrogen) atoms. The molecule has 1 N–H and O–H groups in total. The van der Waals surface area contributed by atoms with Gasteiger partial charge in [0.05, 0.1) is 11.7 Å². The van der Waals surface area contributed by atoms with Crippen LogP contribution in [-0.2, 0) is 19.6 Å². The van der Waals surface area contributed by atoms with Gasteiger partial charge in [-0.2, -0.15) is 0 Å². The summed E-state index contributed by atoms with van der Waals surface area (Å²) in [6.07, 6.45) is 6.67. The summed E-state index contributed by atoms with van der Waals surface area (Å²) in [7, 11) is -3.37. The minimum absolute atomic E-state index is 0.206. The van der Waals surface area contributed by atoms with Gasteiger partial charge in [0.2, 0.25) is 15.8 Å². The first-order valence-corrected chi connectivity index (χ1v) is 11.9. The molecule has 0 aliphatic heterocycles. The molecule has 1 atom stereocenters. The maximum Gasteiger partial charge on any atom is 0.312 e. The van der Waals surface area contributed by atoms with E-state index in [0.29, 0.717) is 29.0 Å². The lowest BCUT2D eigenvalue weighted by Gasteiger charge is -2.55. The van der Waals surface area contributed by atoms with Crippen molar-refractivity contribution in [1.82, 2.24) is 0 Å². The molecule has 4 aliphatic carbocycles. The predicted molar refractivity (Wildman–Crippen MR) is 105 cm³/mol. The highest BCUT2D eigenvalue weighted by molar-refractivity contribution is 7.92. The number of Topliss-reactive ketones (excluding diaryl/α,β-unsaturated/α-hetero) is 1. The van der Waals surface area contributed by atoms with E-state index in [1.165, 1.54) is 31.4 Å². The van der Waals surface area contributed by atoms with Crippen LogP contribution in [0.1, 0.15) is 55.8 Å². The lowest BCUT2D eigenvalue weighted by Crippen LogP contribution is -2.51. The van der Waals surface area contributed by atoms with Crippen molar-refractivity contribution in [3.8, 4) is 0 Å². The molecule has 0 heterocycles. The number of carbonyl (C=O) groups excluding carboxylic acids is 2. The largest absolute Gasteiger partial charge is 0.454 e. The second-order valence-corrected chi connectivity index (χ2v) is 10.8. The minimum atomic E-state index is -3.37. The summed E-state index contributed by atoms with van der Waals surface area (Å²) >= 11 is 0. The third kappa shape index (κ3) is 3.81. The van der Waals surface area contributed by atoms with Crippen LogP contribution in [-0.4, -0.2) is 32.5 Å². The molecule has 4 saturated carbocycles. The Morgan fingerprint density at radius 1 is 1.04 bits per heavy atom. The van der Waals surface area contributed by atoms with Crippen molar-refractivity contribution in [1.29, 1.82) is 0 Å². The quantitative estimate of drug-likeness (QED) is 0.579. The van der Waals surface area contributed by atoms with Crippen LogP contribution >= 0.6 is 0 Å². The Morgan fingerprint density at radius 3 is 2.00 bits per heavy atom. The van der Waals surface area contributed by atoms with E-state index in [-0.39, 0.29) is 17.2 Å². The van der Waals surface area contributed by atoms with Crippen molar-refractivity contribution in [2.45, 2.75) is 51.6 Å². The Kier molecular flexibility index (Phi) is 4.76. The number of sulfonamides is 1. The van der Waals surface area contributed by atoms with Crippen molar-refractivity contribution in [3.05, 3.63) is 29.8 Å². The summed E-state index contributed by atoms with van der Waals surface area (Å²) < 4.78 is 30.6. The number of ether oxygens (including phenoxy) is 1. The molecule has 0 unspecified atom stereocenters. The van der Waals surface area contributed by atoms with Crippen molar-refractivity contribution in [2.75, 3.05) is 11.0 Å². The van der Waals surface area contributed by atoms with Crippen molar-refractivity contribution >= 4 is 27.5 Å². The summed E-state index contributed by atoms with van der Waals surface area (Å²) in [6.45, 7) is 1.61. The van der Waals surface area contributed by atoms with E-state index < -0.39 is 16.1 Å². The highest BCUT2D eigenvalue weighted by Gasteiger charge is 2.55. The molecule has 0 saturated heterocycles. The van der Waals surface area contributed by atoms with Gasteiger partial charge in [0.1, 0.15) is 0 Å². The number of hydrogen-bond donors (Lipinski definition) is 1. The molecule has 152 valence electrons. The summed E-state index contributed by atoms with van der Waals surface area (Å²) in [5.74, 6) is 1.44. The van der Waals surface area contributed by atoms with Crippen LogP contribution in [0.15, 0.2) is 24.3 Å². The third-order valence-electron chi connectivity index (χ3n) is 6.60. The van der Waals surface area contributed by atoms with Crippen LogP contribution < -0.4 is 4.72 Å². The average molecular weight is 406 g/mol. The lowest BCUT2D eigenvalue weighted by atomic mass is 9.49. The third-order valence-corrected chi connectivity index (χ3v) is 7.20. The number of rotatable bonds is 6. The first-order chi connectivity index (χ1) is 13.1. The fourth-order valence-electron chi connectivity index (χ4n) is 5.85. The molecule has 1 aromatic rings. The van der Waals surface area contributed by atoms with Gasteiger partial charge < -0.3 is 4.74 Å². The van der Waals surface area contributed by atoms with E-state index in [0.717, 1.165) is 25.5 Å². The van der Waals surface area contributed by atoms with Gasteiger partial charge in [0, 0.05) is 11.3 Å². The molecule has 5 rings (SSSR count). The van der Waals surface area contributed by atoms with E-state index in [2.05, 4.69) is 4.72 Å². The molecular formula is C21H27NO5S. The minimum Gasteiger partial charge on any atom is -0.454 e. The fourth-order valence-corrected chi connectivity index (χ4v) is 6.42. The smallest absolute Gasteiger partial charge is 0.312 e. The highest BCUT2D eigenvalue weighted by Crippen LogP contribution is 2.60. The number of nitrogens with one attached hydrogen (secondary N) is 1. The highest BCUT2D eigenvalue weighted by atomic mass is 32.2. The molecule has 1 aromatic carbocycles. The monoisotopic (exact) mass is 405 g/mol. The Morgan fingerprint density at radius 2 is 1.54 bits per heavy atom. The predicted octanol–water partition coefficient (Wildman–Crippen LogP) is 3.39. The molecule has 4 aliphatic rings. The number of anilines is 1. The van der Waals surface area contributed by atoms with Gasteiger partial charge in [-0.15, -0.1) is 0 Å². The fraction of sp³-hybridized carbons (Fsp3) is 0.619. The average Bonchev–Trinajstić information content (AvgIpc) is 2.59. The number of hydrogen-bond acceptors (Lipinski definition) is 5. The van der Waals surface area contributed by atoms with Crippen LogP contribution in [0.25, 0.3) is 0 Å². The molecule has 4 fully saturated rings. The second-order valence-electron chi connectivity index (χ2n) is 9.06. The Bertz CT molecular complexity index is 855. The molecular weight excluding hydrogens is 378 g/mol. The number of benzene rings is 1. The van der Waals surface area contributed by atoms with Gasteiger partial charge in [0.15, 0.2) is 6.10 Å². The standard InChI is InChI=1S/C21H27NO5S/c1-13(19(23)17-3-5-18(6-4-17)22-28(2,25)26)27-20(24)21-10-14-7-15(11-21)9-16(8-14)12-21/h3-6,13-16,22H,7-12H2,1-2H3/t13-,14?,15?,16?,21?/m1/s1. The van der Waals surface area contributed by atoms with Gasteiger partial charge in [0.25, 0.3) is 0 Å². The molecule has 0 spiro atoms. The molecule has 0 radical (unpaired) electrons. The molecule has 7 heteroatoms. The topological polar surface area (TPSA) is 89.5 Å². The zero-order valence-corrected chi connectivity index (χ0v) is 17.1. The van der Waals surface area contributed by atoms with Gasteiger partial charge >= 0.3 is 5.97 Å². The summed E-state index contributed by atoms with van der Waals surface area (Å²) in [5.41, 5.74) is 0.397. The van der Waals surface area contributed by atoms with Gasteiger partial charge in [-0.3, -0.25) is 14.3 Å². The van der Waals surface area contributed by atoms with Crippen LogP contribution in [0.2, 0.25) is 0 Å². The first kappa shape index (κ1) is 19.4. The maximum absolute atomic E-state index is 13.0.